The number of carbonyl (C=O) groups excluding carboxylic acids is 2. The van der Waals surface area contributed by atoms with Gasteiger partial charge in [0.25, 0.3) is 0 Å². The second-order valence-corrected chi connectivity index (χ2v) is 4.19. The van der Waals surface area contributed by atoms with E-state index in [9.17, 15) is 9.59 Å². The molecule has 78 valence electrons. The fourth-order valence-corrected chi connectivity index (χ4v) is 2.37. The summed E-state index contributed by atoms with van der Waals surface area (Å²) >= 11 is 0. The standard InChI is InChI=1S/C10H16N2O2/c11-8-5-6-9(13)12(10(8)14)7-3-1-2-4-7/h7-8H,1-6,11H2. The van der Waals surface area contributed by atoms with Crippen LogP contribution < -0.4 is 5.73 Å². The largest absolute Gasteiger partial charge is 0.320 e. The Kier molecular flexibility index (Phi) is 2.54. The third-order valence-electron chi connectivity index (χ3n) is 3.18. The monoisotopic (exact) mass is 196 g/mol. The minimum atomic E-state index is -0.451. The van der Waals surface area contributed by atoms with Crippen molar-refractivity contribution in [2.45, 2.75) is 50.6 Å². The third-order valence-corrected chi connectivity index (χ3v) is 3.18. The first-order valence-electron chi connectivity index (χ1n) is 5.31. The van der Waals surface area contributed by atoms with Gasteiger partial charge in [-0.2, -0.15) is 0 Å². The van der Waals surface area contributed by atoms with Crippen molar-refractivity contribution in [1.82, 2.24) is 4.90 Å². The van der Waals surface area contributed by atoms with Crippen molar-refractivity contribution in [2.24, 2.45) is 5.73 Å². The van der Waals surface area contributed by atoms with Crippen LogP contribution in [0.4, 0.5) is 0 Å². The highest BCUT2D eigenvalue weighted by molar-refractivity contribution is 6.00. The highest BCUT2D eigenvalue weighted by Gasteiger charge is 2.37. The molecule has 2 aliphatic rings. The van der Waals surface area contributed by atoms with Gasteiger partial charge in [0, 0.05) is 12.5 Å². The molecule has 4 heteroatoms. The fourth-order valence-electron chi connectivity index (χ4n) is 2.37. The van der Waals surface area contributed by atoms with Crippen molar-refractivity contribution in [3.63, 3.8) is 0 Å². The first-order chi connectivity index (χ1) is 6.70. The van der Waals surface area contributed by atoms with Gasteiger partial charge in [-0.3, -0.25) is 14.5 Å². The molecule has 4 nitrogen and oxygen atoms in total. The van der Waals surface area contributed by atoms with Crippen LogP contribution in [0.2, 0.25) is 0 Å². The Bertz CT molecular complexity index is 259. The van der Waals surface area contributed by atoms with E-state index < -0.39 is 6.04 Å². The Morgan fingerprint density at radius 1 is 1.14 bits per heavy atom. The number of amides is 2. The number of rotatable bonds is 1. The molecule has 1 aliphatic carbocycles. The molecule has 0 aromatic rings. The van der Waals surface area contributed by atoms with E-state index in [2.05, 4.69) is 0 Å². The van der Waals surface area contributed by atoms with Crippen molar-refractivity contribution in [2.75, 3.05) is 0 Å². The van der Waals surface area contributed by atoms with Crippen LogP contribution in [0.5, 0.6) is 0 Å². The van der Waals surface area contributed by atoms with Crippen molar-refractivity contribution in [1.29, 1.82) is 0 Å². The fraction of sp³-hybridized carbons (Fsp3) is 0.800. The zero-order chi connectivity index (χ0) is 10.1. The predicted octanol–water partition coefficient (Wildman–Crippen LogP) is 0.405. The lowest BCUT2D eigenvalue weighted by Gasteiger charge is -2.33. The zero-order valence-corrected chi connectivity index (χ0v) is 8.24. The minimum absolute atomic E-state index is 0.0244. The number of imide groups is 1. The van der Waals surface area contributed by atoms with Crippen LogP contribution in [0.1, 0.15) is 38.5 Å². The maximum Gasteiger partial charge on any atom is 0.246 e. The normalized spacial score (nSPS) is 30.1. The highest BCUT2D eigenvalue weighted by Crippen LogP contribution is 2.26. The van der Waals surface area contributed by atoms with Crippen LogP contribution in [0, 0.1) is 0 Å². The van der Waals surface area contributed by atoms with Gasteiger partial charge in [-0.05, 0) is 19.3 Å². The molecular weight excluding hydrogens is 180 g/mol. The van der Waals surface area contributed by atoms with Gasteiger partial charge in [-0.1, -0.05) is 12.8 Å². The molecule has 2 fully saturated rings. The maximum atomic E-state index is 11.7. The molecule has 2 rings (SSSR count). The van der Waals surface area contributed by atoms with E-state index in [4.69, 9.17) is 5.73 Å². The Morgan fingerprint density at radius 3 is 2.43 bits per heavy atom. The van der Waals surface area contributed by atoms with Gasteiger partial charge < -0.3 is 5.73 Å². The van der Waals surface area contributed by atoms with Crippen LogP contribution in [0.25, 0.3) is 0 Å². The van der Waals surface area contributed by atoms with E-state index >= 15 is 0 Å². The van der Waals surface area contributed by atoms with Gasteiger partial charge in [0.15, 0.2) is 0 Å². The molecule has 0 spiro atoms. The summed E-state index contributed by atoms with van der Waals surface area (Å²) in [6, 6.07) is -0.311. The molecule has 1 heterocycles. The second-order valence-electron chi connectivity index (χ2n) is 4.19. The van der Waals surface area contributed by atoms with E-state index in [1.165, 1.54) is 4.90 Å². The van der Waals surface area contributed by atoms with Gasteiger partial charge in [0.05, 0.1) is 6.04 Å². The lowest BCUT2D eigenvalue weighted by Crippen LogP contribution is -2.54. The molecule has 1 unspecified atom stereocenters. The predicted molar refractivity (Wildman–Crippen MR) is 51.3 cm³/mol. The SMILES string of the molecule is NC1CCC(=O)N(C2CCCC2)C1=O. The molecule has 1 atom stereocenters. The van der Waals surface area contributed by atoms with Gasteiger partial charge >= 0.3 is 0 Å². The molecule has 0 radical (unpaired) electrons. The maximum absolute atomic E-state index is 11.7. The Morgan fingerprint density at radius 2 is 1.79 bits per heavy atom. The average molecular weight is 196 g/mol. The number of piperidine rings is 1. The van der Waals surface area contributed by atoms with Crippen LogP contribution in [-0.4, -0.2) is 28.8 Å². The van der Waals surface area contributed by atoms with Gasteiger partial charge in [-0.15, -0.1) is 0 Å². The lowest BCUT2D eigenvalue weighted by molar-refractivity contribution is -0.151. The van der Waals surface area contributed by atoms with Crippen LogP contribution in [-0.2, 0) is 9.59 Å². The Balaban J connectivity index is 2.12. The van der Waals surface area contributed by atoms with Crippen molar-refractivity contribution in [3.05, 3.63) is 0 Å². The molecule has 1 saturated carbocycles. The Hall–Kier alpha value is -0.900. The van der Waals surface area contributed by atoms with Gasteiger partial charge in [0.1, 0.15) is 0 Å². The number of carbonyl (C=O) groups is 2. The molecule has 2 N–H and O–H groups in total. The van der Waals surface area contributed by atoms with E-state index in [-0.39, 0.29) is 17.9 Å². The number of likely N-dealkylation sites (tertiary alicyclic amines) is 1. The number of nitrogens with two attached hydrogens (primary N) is 1. The van der Waals surface area contributed by atoms with E-state index in [0.717, 1.165) is 25.7 Å². The summed E-state index contributed by atoms with van der Waals surface area (Å²) in [6.45, 7) is 0. The minimum Gasteiger partial charge on any atom is -0.320 e. The average Bonchev–Trinajstić information content (AvgIpc) is 2.65. The summed E-state index contributed by atoms with van der Waals surface area (Å²) in [5.74, 6) is -0.184. The van der Waals surface area contributed by atoms with Gasteiger partial charge in [0.2, 0.25) is 11.8 Å². The van der Waals surface area contributed by atoms with E-state index in [0.29, 0.717) is 12.8 Å². The summed E-state index contributed by atoms with van der Waals surface area (Å²) in [7, 11) is 0. The van der Waals surface area contributed by atoms with Gasteiger partial charge in [-0.25, -0.2) is 0 Å². The molecule has 0 bridgehead atoms. The quantitative estimate of drug-likeness (QED) is 0.618. The van der Waals surface area contributed by atoms with Crippen molar-refractivity contribution >= 4 is 11.8 Å². The topological polar surface area (TPSA) is 63.4 Å². The molecule has 0 aromatic carbocycles. The van der Waals surface area contributed by atoms with Crippen LogP contribution >= 0.6 is 0 Å². The molecule has 0 aromatic heterocycles. The first-order valence-corrected chi connectivity index (χ1v) is 5.31. The first kappa shape index (κ1) is 9.65. The second kappa shape index (κ2) is 3.69. The zero-order valence-electron chi connectivity index (χ0n) is 8.24. The summed E-state index contributed by atoms with van der Waals surface area (Å²) < 4.78 is 0. The number of hydrogen-bond acceptors (Lipinski definition) is 3. The number of nitrogens with zero attached hydrogens (tertiary/aromatic N) is 1. The molecule has 14 heavy (non-hydrogen) atoms. The molecular formula is C10H16N2O2. The van der Waals surface area contributed by atoms with Crippen molar-refractivity contribution in [3.8, 4) is 0 Å². The smallest absolute Gasteiger partial charge is 0.246 e. The summed E-state index contributed by atoms with van der Waals surface area (Å²) in [4.78, 5) is 24.7. The molecule has 1 aliphatic heterocycles. The number of hydrogen-bond donors (Lipinski definition) is 1. The highest BCUT2D eigenvalue weighted by atomic mass is 16.2. The summed E-state index contributed by atoms with van der Waals surface area (Å²) in [5.41, 5.74) is 5.66. The van der Waals surface area contributed by atoms with Crippen LogP contribution in [0.3, 0.4) is 0 Å². The summed E-state index contributed by atoms with van der Waals surface area (Å²) in [5, 5.41) is 0. The Labute approximate surface area is 83.4 Å². The third kappa shape index (κ3) is 1.54. The van der Waals surface area contributed by atoms with Crippen molar-refractivity contribution < 1.29 is 9.59 Å². The lowest BCUT2D eigenvalue weighted by atomic mass is 10.0. The summed E-state index contributed by atoms with van der Waals surface area (Å²) in [6.07, 6.45) is 5.12. The van der Waals surface area contributed by atoms with Crippen LogP contribution in [0.15, 0.2) is 0 Å². The molecule has 2 amide bonds. The van der Waals surface area contributed by atoms with E-state index in [1.807, 2.05) is 0 Å². The molecule has 1 saturated heterocycles. The van der Waals surface area contributed by atoms with E-state index in [1.54, 1.807) is 0 Å².